The lowest BCUT2D eigenvalue weighted by molar-refractivity contribution is -0.355. The molecule has 0 spiro atoms. The molecule has 0 aliphatic carbocycles. The molecule has 1 heterocycles. The highest BCUT2D eigenvalue weighted by Crippen LogP contribution is 2.34. The van der Waals surface area contributed by atoms with Crippen LogP contribution in [0.3, 0.4) is 0 Å². The summed E-state index contributed by atoms with van der Waals surface area (Å²) in [6.45, 7) is 4.60. The highest BCUT2D eigenvalue weighted by atomic mass is 35.6. The maximum atomic E-state index is 8.23. The van der Waals surface area contributed by atoms with E-state index in [-0.39, 0.29) is 26.4 Å². The molecule has 5 atom stereocenters. The zero-order valence-corrected chi connectivity index (χ0v) is 24.5. The first-order valence-electron chi connectivity index (χ1n) is 13.0. The number of hydrogen-bond donors (Lipinski definition) is 1. The van der Waals surface area contributed by atoms with Gasteiger partial charge in [0, 0.05) is 0 Å². The van der Waals surface area contributed by atoms with Gasteiger partial charge in [-0.05, 0) is 16.7 Å². The molecule has 41 heavy (non-hydrogen) atoms. The van der Waals surface area contributed by atoms with Gasteiger partial charge in [-0.3, -0.25) is 5.41 Å². The summed E-state index contributed by atoms with van der Waals surface area (Å²) in [6, 6.07) is 29.0. The molecule has 1 saturated heterocycles. The maximum Gasteiger partial charge on any atom is 0.265 e. The first kappa shape index (κ1) is 31.5. The summed E-state index contributed by atoms with van der Waals surface area (Å²) in [5, 5.41) is 8.23. The lowest BCUT2D eigenvalue weighted by Gasteiger charge is -2.45. The molecule has 0 aromatic heterocycles. The number of nitrogens with one attached hydrogen (secondary N) is 1. The van der Waals surface area contributed by atoms with Gasteiger partial charge in [0.1, 0.15) is 18.3 Å². The van der Waals surface area contributed by atoms with Crippen molar-refractivity contribution in [3.8, 4) is 0 Å². The van der Waals surface area contributed by atoms with E-state index in [4.69, 9.17) is 68.6 Å². The van der Waals surface area contributed by atoms with Crippen molar-refractivity contribution in [1.29, 1.82) is 5.41 Å². The van der Waals surface area contributed by atoms with Crippen LogP contribution < -0.4 is 0 Å². The third-order valence-corrected chi connectivity index (χ3v) is 6.69. The van der Waals surface area contributed by atoms with E-state index in [1.807, 2.05) is 91.0 Å². The monoisotopic (exact) mass is 619 g/mol. The fourth-order valence-electron chi connectivity index (χ4n) is 4.20. The van der Waals surface area contributed by atoms with E-state index < -0.39 is 40.6 Å². The van der Waals surface area contributed by atoms with E-state index in [0.717, 1.165) is 16.7 Å². The standard InChI is InChI=1S/C31H32Cl3NO6/c1-2-18-36-28-26(38-20-23-14-8-4-9-15-23)25(37-19-22-12-6-3-7-13-22)27(39-21-24-16-10-5-11-17-24)29(40-28)41-30(35)31(32,33)34/h2-17,25-29,35H,1,18-21H2/t25-,26-,27+,28+,29-/m1/s1. The van der Waals surface area contributed by atoms with Gasteiger partial charge in [0.25, 0.3) is 3.79 Å². The van der Waals surface area contributed by atoms with Crippen LogP contribution in [0.1, 0.15) is 16.7 Å². The Kier molecular flexibility index (Phi) is 12.0. The zero-order valence-electron chi connectivity index (χ0n) is 22.2. The Bertz CT molecular complexity index is 1210. The summed E-state index contributed by atoms with van der Waals surface area (Å²) in [5.41, 5.74) is 2.81. The molecular formula is C31H32Cl3NO6. The molecule has 218 valence electrons. The van der Waals surface area contributed by atoms with E-state index in [9.17, 15) is 0 Å². The minimum Gasteiger partial charge on any atom is -0.445 e. The summed E-state index contributed by atoms with van der Waals surface area (Å²) in [5.74, 6) is -0.631. The molecule has 3 aromatic carbocycles. The van der Waals surface area contributed by atoms with Gasteiger partial charge in [-0.1, -0.05) is 132 Å². The minimum absolute atomic E-state index is 0.158. The van der Waals surface area contributed by atoms with Crippen molar-refractivity contribution in [1.82, 2.24) is 0 Å². The van der Waals surface area contributed by atoms with Crippen LogP contribution in [0.15, 0.2) is 104 Å². The Morgan fingerprint density at radius 1 is 0.683 bits per heavy atom. The average Bonchev–Trinajstić information content (AvgIpc) is 2.98. The maximum absolute atomic E-state index is 8.23. The molecule has 1 aliphatic heterocycles. The van der Waals surface area contributed by atoms with Gasteiger partial charge in [-0.25, -0.2) is 0 Å². The Labute approximate surface area is 255 Å². The van der Waals surface area contributed by atoms with E-state index in [0.29, 0.717) is 0 Å². The second kappa shape index (κ2) is 15.7. The molecule has 0 radical (unpaired) electrons. The van der Waals surface area contributed by atoms with Gasteiger partial charge in [0.2, 0.25) is 12.2 Å². The van der Waals surface area contributed by atoms with Crippen LogP contribution in [0.25, 0.3) is 0 Å². The van der Waals surface area contributed by atoms with Crippen LogP contribution in [-0.4, -0.2) is 47.2 Å². The lowest BCUT2D eigenvalue weighted by atomic mass is 10.0. The highest BCUT2D eigenvalue weighted by molar-refractivity contribution is 6.76. The fourth-order valence-corrected chi connectivity index (χ4v) is 4.33. The third kappa shape index (κ3) is 9.53. The number of halogens is 3. The number of rotatable bonds is 13. The van der Waals surface area contributed by atoms with Gasteiger partial charge in [-0.15, -0.1) is 6.58 Å². The Morgan fingerprint density at radius 2 is 1.10 bits per heavy atom. The topological polar surface area (TPSA) is 79.2 Å². The van der Waals surface area contributed by atoms with Crippen LogP contribution in [0.4, 0.5) is 0 Å². The Hall–Kier alpha value is -2.46. The second-order valence-corrected chi connectivity index (χ2v) is 11.5. The van der Waals surface area contributed by atoms with Crippen LogP contribution >= 0.6 is 34.8 Å². The molecule has 1 fully saturated rings. The summed E-state index contributed by atoms with van der Waals surface area (Å²) < 4.78 is 35.1. The van der Waals surface area contributed by atoms with Crippen LogP contribution in [0.5, 0.6) is 0 Å². The van der Waals surface area contributed by atoms with Gasteiger partial charge < -0.3 is 28.4 Å². The predicted molar refractivity (Wildman–Crippen MR) is 159 cm³/mol. The SMILES string of the molecule is C=CCO[C@H]1O[C@H](OC(=N)C(Cl)(Cl)Cl)[C@@H](OCc2ccccc2)[C@H](OCc2ccccc2)[C@H]1OCc1ccccc1. The van der Waals surface area contributed by atoms with Crippen molar-refractivity contribution in [3.63, 3.8) is 0 Å². The van der Waals surface area contributed by atoms with Gasteiger partial charge in [0.15, 0.2) is 6.29 Å². The van der Waals surface area contributed by atoms with E-state index >= 15 is 0 Å². The number of alkyl halides is 3. The second-order valence-electron chi connectivity index (χ2n) is 9.22. The van der Waals surface area contributed by atoms with Crippen LogP contribution in [0.2, 0.25) is 0 Å². The fraction of sp³-hybridized carbons (Fsp3) is 0.323. The zero-order chi connectivity index (χ0) is 29.1. The van der Waals surface area contributed by atoms with E-state index in [1.54, 1.807) is 6.08 Å². The molecule has 0 amide bonds. The van der Waals surface area contributed by atoms with E-state index in [2.05, 4.69) is 6.58 Å². The van der Waals surface area contributed by atoms with Crippen molar-refractivity contribution in [2.24, 2.45) is 0 Å². The molecule has 0 unspecified atom stereocenters. The van der Waals surface area contributed by atoms with E-state index in [1.165, 1.54) is 0 Å². The van der Waals surface area contributed by atoms with Gasteiger partial charge in [-0.2, -0.15) is 0 Å². The molecule has 3 aromatic rings. The Balaban J connectivity index is 1.67. The average molecular weight is 621 g/mol. The quantitative estimate of drug-likeness (QED) is 0.0960. The third-order valence-electron chi connectivity index (χ3n) is 6.18. The first-order valence-corrected chi connectivity index (χ1v) is 14.2. The summed E-state index contributed by atoms with van der Waals surface area (Å²) >= 11 is 17.9. The summed E-state index contributed by atoms with van der Waals surface area (Å²) in [4.78, 5) is 0. The minimum atomic E-state index is -2.12. The Morgan fingerprint density at radius 3 is 1.51 bits per heavy atom. The van der Waals surface area contributed by atoms with Crippen molar-refractivity contribution in [2.45, 2.75) is 54.5 Å². The van der Waals surface area contributed by atoms with Crippen molar-refractivity contribution >= 4 is 40.7 Å². The molecule has 0 bridgehead atoms. The first-order chi connectivity index (χ1) is 19.8. The van der Waals surface area contributed by atoms with Crippen LogP contribution in [0, 0.1) is 5.41 Å². The summed E-state index contributed by atoms with van der Waals surface area (Å²) in [7, 11) is 0. The predicted octanol–water partition coefficient (Wildman–Crippen LogP) is 6.99. The number of ether oxygens (including phenoxy) is 6. The smallest absolute Gasteiger partial charge is 0.265 e. The molecule has 1 aliphatic rings. The largest absolute Gasteiger partial charge is 0.445 e. The normalized spacial score (nSPS) is 22.7. The molecule has 4 rings (SSSR count). The van der Waals surface area contributed by atoms with Gasteiger partial charge in [0.05, 0.1) is 26.4 Å². The van der Waals surface area contributed by atoms with Crippen molar-refractivity contribution in [3.05, 3.63) is 120 Å². The lowest BCUT2D eigenvalue weighted by Crippen LogP contribution is -2.62. The molecule has 7 nitrogen and oxygen atoms in total. The number of benzene rings is 3. The van der Waals surface area contributed by atoms with Crippen molar-refractivity contribution < 1.29 is 28.4 Å². The molecule has 0 saturated carbocycles. The summed E-state index contributed by atoms with van der Waals surface area (Å²) in [6.07, 6.45) is -3.07. The van der Waals surface area contributed by atoms with Crippen LogP contribution in [-0.2, 0) is 48.2 Å². The highest BCUT2D eigenvalue weighted by Gasteiger charge is 2.51. The van der Waals surface area contributed by atoms with Gasteiger partial charge >= 0.3 is 0 Å². The molecular weight excluding hydrogens is 589 g/mol. The number of hydrogen-bond acceptors (Lipinski definition) is 7. The molecule has 1 N–H and O–H groups in total. The molecule has 10 heteroatoms. The van der Waals surface area contributed by atoms with Crippen molar-refractivity contribution in [2.75, 3.05) is 6.61 Å².